The molecule has 1 saturated heterocycles. The van der Waals surface area contributed by atoms with E-state index in [2.05, 4.69) is 10.2 Å². The van der Waals surface area contributed by atoms with Crippen LogP contribution in [0.2, 0.25) is 0 Å². The summed E-state index contributed by atoms with van der Waals surface area (Å²) in [5.41, 5.74) is 0.633. The summed E-state index contributed by atoms with van der Waals surface area (Å²) in [4.78, 5) is 10.3. The number of hydrogen-bond acceptors (Lipinski definition) is 8. The number of piperidine rings is 1. The van der Waals surface area contributed by atoms with Crippen LogP contribution in [-0.2, 0) is 10.0 Å². The van der Waals surface area contributed by atoms with Crippen LogP contribution in [0, 0.1) is 10.1 Å². The predicted octanol–water partition coefficient (Wildman–Crippen LogP) is 3.69. The number of rotatable bonds is 6. The van der Waals surface area contributed by atoms with Gasteiger partial charge in [0, 0.05) is 31.1 Å². The zero-order chi connectivity index (χ0) is 22.0. The fourth-order valence-corrected chi connectivity index (χ4v) is 6.13. The fraction of sp³-hybridized carbons (Fsp3) is 0.300. The zero-order valence-electron chi connectivity index (χ0n) is 16.7. The summed E-state index contributed by atoms with van der Waals surface area (Å²) in [5.74, 6) is 0.834. The van der Waals surface area contributed by atoms with Crippen molar-refractivity contribution in [3.8, 4) is 16.3 Å². The average Bonchev–Trinajstić information content (AvgIpc) is 3.29. The van der Waals surface area contributed by atoms with E-state index in [1.807, 2.05) is 24.3 Å². The van der Waals surface area contributed by atoms with E-state index < -0.39 is 14.9 Å². The van der Waals surface area contributed by atoms with Crippen molar-refractivity contribution in [1.82, 2.24) is 14.5 Å². The molecule has 4 rings (SSSR count). The Bertz CT molecular complexity index is 1200. The summed E-state index contributed by atoms with van der Waals surface area (Å²) >= 11 is 1.49. The molecule has 0 aliphatic carbocycles. The van der Waals surface area contributed by atoms with E-state index in [1.54, 1.807) is 7.11 Å². The van der Waals surface area contributed by atoms with Gasteiger partial charge in [0.2, 0.25) is 10.0 Å². The Morgan fingerprint density at radius 3 is 2.58 bits per heavy atom. The molecule has 3 aromatic rings. The molecule has 0 radical (unpaired) electrons. The third-order valence-electron chi connectivity index (χ3n) is 5.25. The maximum atomic E-state index is 12.9. The normalized spacial score (nSPS) is 15.6. The molecule has 1 aromatic heterocycles. The van der Waals surface area contributed by atoms with E-state index >= 15 is 0 Å². The van der Waals surface area contributed by atoms with Gasteiger partial charge in [-0.05, 0) is 31.0 Å². The summed E-state index contributed by atoms with van der Waals surface area (Å²) in [6, 6.07) is 12.8. The van der Waals surface area contributed by atoms with Gasteiger partial charge in [-0.1, -0.05) is 29.5 Å². The molecule has 2 heterocycles. The van der Waals surface area contributed by atoms with Crippen molar-refractivity contribution in [2.75, 3.05) is 20.2 Å². The highest BCUT2D eigenvalue weighted by Gasteiger charge is 2.32. The fourth-order valence-electron chi connectivity index (χ4n) is 3.58. The molecule has 0 saturated carbocycles. The maximum Gasteiger partial charge on any atom is 0.270 e. The van der Waals surface area contributed by atoms with E-state index in [1.165, 1.54) is 33.8 Å². The Morgan fingerprint density at radius 1 is 1.13 bits per heavy atom. The van der Waals surface area contributed by atoms with E-state index in [4.69, 9.17) is 4.74 Å². The van der Waals surface area contributed by atoms with Crippen molar-refractivity contribution >= 4 is 27.0 Å². The van der Waals surface area contributed by atoms with E-state index in [0.717, 1.165) is 27.4 Å². The van der Waals surface area contributed by atoms with Crippen molar-refractivity contribution in [2.24, 2.45) is 0 Å². The van der Waals surface area contributed by atoms with Crippen LogP contribution < -0.4 is 4.74 Å². The number of nitro groups is 1. The van der Waals surface area contributed by atoms with Crippen LogP contribution in [0.15, 0.2) is 53.4 Å². The lowest BCUT2D eigenvalue weighted by Crippen LogP contribution is -2.37. The molecule has 31 heavy (non-hydrogen) atoms. The maximum absolute atomic E-state index is 12.9. The lowest BCUT2D eigenvalue weighted by Gasteiger charge is -2.30. The number of sulfonamides is 1. The number of hydrogen-bond donors (Lipinski definition) is 0. The number of non-ortho nitro benzene ring substituents is 1. The highest BCUT2D eigenvalue weighted by molar-refractivity contribution is 7.89. The Balaban J connectivity index is 1.47. The number of nitrogens with zero attached hydrogens (tertiary/aromatic N) is 4. The number of nitro benzene ring substituents is 1. The van der Waals surface area contributed by atoms with Gasteiger partial charge in [-0.25, -0.2) is 8.42 Å². The molecular formula is C20H20N4O5S2. The standard InChI is InChI=1S/C20H20N4O5S2/c1-29-18-8-3-2-7-17(18)20-22-21-19(30-20)14-9-11-23(12-10-14)31(27,28)16-6-4-5-15(13-16)24(25)26/h2-8,13-14H,9-12H2,1H3. The largest absolute Gasteiger partial charge is 0.496 e. The lowest BCUT2D eigenvalue weighted by molar-refractivity contribution is -0.385. The second-order valence-electron chi connectivity index (χ2n) is 7.08. The van der Waals surface area contributed by atoms with Crippen molar-refractivity contribution in [3.05, 3.63) is 63.7 Å². The number of methoxy groups -OCH3 is 1. The molecule has 0 bridgehead atoms. The number of para-hydroxylation sites is 1. The molecule has 0 atom stereocenters. The van der Waals surface area contributed by atoms with Crippen LogP contribution in [0.1, 0.15) is 23.8 Å². The molecule has 0 spiro atoms. The molecule has 11 heteroatoms. The van der Waals surface area contributed by atoms with Crippen LogP contribution in [0.5, 0.6) is 5.75 Å². The Morgan fingerprint density at radius 2 is 1.87 bits per heavy atom. The summed E-state index contributed by atoms with van der Waals surface area (Å²) in [6.45, 7) is 0.637. The summed E-state index contributed by atoms with van der Waals surface area (Å²) in [7, 11) is -2.18. The molecule has 162 valence electrons. The minimum Gasteiger partial charge on any atom is -0.496 e. The Hall–Kier alpha value is -2.89. The first-order chi connectivity index (χ1) is 14.9. The first kappa shape index (κ1) is 21.3. The lowest BCUT2D eigenvalue weighted by atomic mass is 9.99. The highest BCUT2D eigenvalue weighted by Crippen LogP contribution is 2.37. The molecule has 0 N–H and O–H groups in total. The number of ether oxygens (including phenoxy) is 1. The minimum atomic E-state index is -3.79. The van der Waals surface area contributed by atoms with Crippen LogP contribution in [0.4, 0.5) is 5.69 Å². The van der Waals surface area contributed by atoms with Gasteiger partial charge in [-0.15, -0.1) is 10.2 Å². The van der Waals surface area contributed by atoms with Crippen molar-refractivity contribution in [2.45, 2.75) is 23.7 Å². The van der Waals surface area contributed by atoms with Crippen molar-refractivity contribution in [1.29, 1.82) is 0 Å². The second kappa shape index (κ2) is 8.69. The smallest absolute Gasteiger partial charge is 0.270 e. The summed E-state index contributed by atoms with van der Waals surface area (Å²) < 4.78 is 32.6. The second-order valence-corrected chi connectivity index (χ2v) is 10.0. The van der Waals surface area contributed by atoms with Gasteiger partial charge in [-0.3, -0.25) is 10.1 Å². The van der Waals surface area contributed by atoms with Crippen LogP contribution in [-0.4, -0.2) is 48.0 Å². The monoisotopic (exact) mass is 460 g/mol. The van der Waals surface area contributed by atoms with Gasteiger partial charge < -0.3 is 4.74 Å². The first-order valence-electron chi connectivity index (χ1n) is 9.61. The van der Waals surface area contributed by atoms with Crippen LogP contribution in [0.3, 0.4) is 0 Å². The molecule has 1 aliphatic heterocycles. The third kappa shape index (κ3) is 4.29. The van der Waals surface area contributed by atoms with Gasteiger partial charge in [0.05, 0.1) is 22.5 Å². The molecule has 9 nitrogen and oxygen atoms in total. The van der Waals surface area contributed by atoms with E-state index in [-0.39, 0.29) is 16.5 Å². The molecule has 1 fully saturated rings. The van der Waals surface area contributed by atoms with Crippen LogP contribution in [0.25, 0.3) is 10.6 Å². The zero-order valence-corrected chi connectivity index (χ0v) is 18.3. The van der Waals surface area contributed by atoms with Gasteiger partial charge >= 0.3 is 0 Å². The number of benzene rings is 2. The van der Waals surface area contributed by atoms with Gasteiger partial charge in [0.15, 0.2) is 5.01 Å². The van der Waals surface area contributed by atoms with Gasteiger partial charge in [0.25, 0.3) is 5.69 Å². The van der Waals surface area contributed by atoms with Gasteiger partial charge in [-0.2, -0.15) is 4.31 Å². The highest BCUT2D eigenvalue weighted by atomic mass is 32.2. The molecule has 0 unspecified atom stereocenters. The van der Waals surface area contributed by atoms with Crippen LogP contribution >= 0.6 is 11.3 Å². The van der Waals surface area contributed by atoms with Crippen molar-refractivity contribution < 1.29 is 18.1 Å². The predicted molar refractivity (Wildman–Crippen MR) is 116 cm³/mol. The number of aromatic nitrogens is 2. The minimum absolute atomic E-state index is 0.0606. The van der Waals surface area contributed by atoms with Gasteiger partial charge in [0.1, 0.15) is 10.8 Å². The molecule has 2 aromatic carbocycles. The topological polar surface area (TPSA) is 116 Å². The summed E-state index contributed by atoms with van der Waals surface area (Å²) in [5, 5.41) is 21.3. The third-order valence-corrected chi connectivity index (χ3v) is 8.26. The molecule has 1 aliphatic rings. The Kier molecular flexibility index (Phi) is 5.99. The van der Waals surface area contributed by atoms with E-state index in [0.29, 0.717) is 25.9 Å². The van der Waals surface area contributed by atoms with Crippen molar-refractivity contribution in [3.63, 3.8) is 0 Å². The molecule has 0 amide bonds. The Labute approximate surface area is 183 Å². The molecular weight excluding hydrogens is 440 g/mol. The van der Waals surface area contributed by atoms with E-state index in [9.17, 15) is 18.5 Å². The average molecular weight is 461 g/mol. The quantitative estimate of drug-likeness (QED) is 0.407. The first-order valence-corrected chi connectivity index (χ1v) is 11.9. The summed E-state index contributed by atoms with van der Waals surface area (Å²) in [6.07, 6.45) is 1.21. The SMILES string of the molecule is COc1ccccc1-c1nnc(C2CCN(S(=O)(=O)c3cccc([N+](=O)[O-])c3)CC2)s1.